The number of aromatic nitrogens is 2. The maximum Gasteiger partial charge on any atom is 0.0776 e. The highest BCUT2D eigenvalue weighted by Gasteiger charge is 2.26. The van der Waals surface area contributed by atoms with Gasteiger partial charge < -0.3 is 10.1 Å². The number of rotatable bonds is 7. The summed E-state index contributed by atoms with van der Waals surface area (Å²) >= 11 is 0. The second-order valence-corrected chi connectivity index (χ2v) is 6.04. The van der Waals surface area contributed by atoms with Crippen molar-refractivity contribution in [1.29, 1.82) is 0 Å². The number of hydrogen-bond donors (Lipinski definition) is 1. The summed E-state index contributed by atoms with van der Waals surface area (Å²) in [4.78, 5) is 0. The first-order valence-electron chi connectivity index (χ1n) is 8.06. The lowest BCUT2D eigenvalue weighted by molar-refractivity contribution is 0.0328. The zero-order valence-corrected chi connectivity index (χ0v) is 13.4. The van der Waals surface area contributed by atoms with E-state index in [9.17, 15) is 0 Å². The lowest BCUT2D eigenvalue weighted by Crippen LogP contribution is -2.32. The molecule has 2 rings (SSSR count). The molecule has 2 heterocycles. The van der Waals surface area contributed by atoms with Gasteiger partial charge >= 0.3 is 0 Å². The molecule has 0 radical (unpaired) electrons. The van der Waals surface area contributed by atoms with Crippen LogP contribution in [0.5, 0.6) is 0 Å². The Bertz CT molecular complexity index is 414. The van der Waals surface area contributed by atoms with E-state index in [1.54, 1.807) is 0 Å². The molecule has 1 aromatic heterocycles. The Balaban J connectivity index is 1.87. The third kappa shape index (κ3) is 4.06. The van der Waals surface area contributed by atoms with Crippen LogP contribution in [0.25, 0.3) is 0 Å². The SMILES string of the molecule is CCc1cc(CC)n(CC2CCC(CNC(C)C)O2)n1. The van der Waals surface area contributed by atoms with Gasteiger partial charge in [-0.15, -0.1) is 0 Å². The first-order valence-corrected chi connectivity index (χ1v) is 8.06. The molecule has 1 aliphatic heterocycles. The summed E-state index contributed by atoms with van der Waals surface area (Å²) in [6, 6.07) is 2.76. The molecule has 0 saturated carbocycles. The van der Waals surface area contributed by atoms with Gasteiger partial charge in [0, 0.05) is 18.3 Å². The number of aryl methyl sites for hydroxylation is 2. The highest BCUT2D eigenvalue weighted by molar-refractivity contribution is 5.10. The summed E-state index contributed by atoms with van der Waals surface area (Å²) < 4.78 is 8.29. The van der Waals surface area contributed by atoms with Crippen molar-refractivity contribution in [3.05, 3.63) is 17.5 Å². The molecule has 20 heavy (non-hydrogen) atoms. The van der Waals surface area contributed by atoms with Crippen LogP contribution in [0, 0.1) is 0 Å². The third-order valence-corrected chi connectivity index (χ3v) is 3.96. The largest absolute Gasteiger partial charge is 0.372 e. The minimum Gasteiger partial charge on any atom is -0.372 e. The highest BCUT2D eigenvalue weighted by atomic mass is 16.5. The lowest BCUT2D eigenvalue weighted by atomic mass is 10.2. The number of nitrogens with one attached hydrogen (secondary N) is 1. The van der Waals surface area contributed by atoms with Gasteiger partial charge in [-0.3, -0.25) is 4.68 Å². The number of hydrogen-bond acceptors (Lipinski definition) is 3. The van der Waals surface area contributed by atoms with Gasteiger partial charge in [0.1, 0.15) is 0 Å². The van der Waals surface area contributed by atoms with Crippen LogP contribution in [0.1, 0.15) is 51.9 Å². The van der Waals surface area contributed by atoms with E-state index in [2.05, 4.69) is 48.9 Å². The summed E-state index contributed by atoms with van der Waals surface area (Å²) in [7, 11) is 0. The predicted octanol–water partition coefficient (Wildman–Crippen LogP) is 2.55. The van der Waals surface area contributed by atoms with Crippen LogP contribution < -0.4 is 5.32 Å². The quantitative estimate of drug-likeness (QED) is 0.833. The lowest BCUT2D eigenvalue weighted by Gasteiger charge is -2.16. The first-order chi connectivity index (χ1) is 9.62. The van der Waals surface area contributed by atoms with Crippen molar-refractivity contribution in [1.82, 2.24) is 15.1 Å². The molecule has 1 fully saturated rings. The van der Waals surface area contributed by atoms with Crippen molar-refractivity contribution < 1.29 is 4.74 Å². The van der Waals surface area contributed by atoms with Crippen molar-refractivity contribution in [2.24, 2.45) is 0 Å². The van der Waals surface area contributed by atoms with Crippen molar-refractivity contribution in [2.45, 2.75) is 78.2 Å². The molecule has 0 aromatic carbocycles. The van der Waals surface area contributed by atoms with Gasteiger partial charge in [0.05, 0.1) is 24.4 Å². The second kappa shape index (κ2) is 7.23. The monoisotopic (exact) mass is 279 g/mol. The highest BCUT2D eigenvalue weighted by Crippen LogP contribution is 2.21. The zero-order valence-electron chi connectivity index (χ0n) is 13.4. The smallest absolute Gasteiger partial charge is 0.0776 e. The molecule has 1 aliphatic rings. The van der Waals surface area contributed by atoms with Gasteiger partial charge in [0.25, 0.3) is 0 Å². The molecule has 0 spiro atoms. The van der Waals surface area contributed by atoms with Crippen molar-refractivity contribution >= 4 is 0 Å². The molecule has 4 heteroatoms. The van der Waals surface area contributed by atoms with Crippen molar-refractivity contribution in [3.8, 4) is 0 Å². The van der Waals surface area contributed by atoms with Crippen molar-refractivity contribution in [2.75, 3.05) is 6.54 Å². The van der Waals surface area contributed by atoms with Crippen LogP contribution in [0.4, 0.5) is 0 Å². The minimum atomic E-state index is 0.323. The molecule has 0 aliphatic carbocycles. The average Bonchev–Trinajstić information content (AvgIpc) is 3.03. The maximum atomic E-state index is 6.13. The Hall–Kier alpha value is -0.870. The zero-order chi connectivity index (χ0) is 14.5. The first kappa shape index (κ1) is 15.5. The molecular weight excluding hydrogens is 250 g/mol. The Morgan fingerprint density at radius 3 is 2.70 bits per heavy atom. The van der Waals surface area contributed by atoms with Crippen LogP contribution >= 0.6 is 0 Å². The van der Waals surface area contributed by atoms with Gasteiger partial charge in [-0.2, -0.15) is 5.10 Å². The molecule has 0 bridgehead atoms. The maximum absolute atomic E-state index is 6.13. The van der Waals surface area contributed by atoms with Crippen LogP contribution in [-0.2, 0) is 24.1 Å². The van der Waals surface area contributed by atoms with Crippen LogP contribution in [0.15, 0.2) is 6.07 Å². The third-order valence-electron chi connectivity index (χ3n) is 3.96. The standard InChI is InChI=1S/C16H29N3O/c1-5-13-9-14(6-2)19(18-13)11-16-8-7-15(20-16)10-17-12(3)4/h9,12,15-17H,5-8,10-11H2,1-4H3. The molecule has 1 saturated heterocycles. The van der Waals surface area contributed by atoms with Gasteiger partial charge in [0.2, 0.25) is 0 Å². The number of nitrogens with zero attached hydrogens (tertiary/aromatic N) is 2. The van der Waals surface area contributed by atoms with Crippen molar-refractivity contribution in [3.63, 3.8) is 0 Å². The van der Waals surface area contributed by atoms with Crippen LogP contribution in [0.3, 0.4) is 0 Å². The average molecular weight is 279 g/mol. The molecule has 2 atom stereocenters. The van der Waals surface area contributed by atoms with E-state index < -0.39 is 0 Å². The molecular formula is C16H29N3O. The Kier molecular flexibility index (Phi) is 5.61. The summed E-state index contributed by atoms with van der Waals surface area (Å²) in [5, 5.41) is 8.14. The molecule has 1 N–H and O–H groups in total. The fourth-order valence-electron chi connectivity index (χ4n) is 2.75. The summed E-state index contributed by atoms with van der Waals surface area (Å²) in [5.41, 5.74) is 2.52. The summed E-state index contributed by atoms with van der Waals surface area (Å²) in [5.74, 6) is 0. The van der Waals surface area contributed by atoms with Crippen LogP contribution in [0.2, 0.25) is 0 Å². The molecule has 114 valence electrons. The van der Waals surface area contributed by atoms with E-state index in [-0.39, 0.29) is 0 Å². The van der Waals surface area contributed by atoms with E-state index in [0.717, 1.165) is 38.8 Å². The normalized spacial score (nSPS) is 22.9. The fraction of sp³-hybridized carbons (Fsp3) is 0.812. The summed E-state index contributed by atoms with van der Waals surface area (Å²) in [6.45, 7) is 10.6. The van der Waals surface area contributed by atoms with Gasteiger partial charge in [-0.25, -0.2) is 0 Å². The van der Waals surface area contributed by atoms with Crippen LogP contribution in [-0.4, -0.2) is 34.6 Å². The predicted molar refractivity (Wildman–Crippen MR) is 82.0 cm³/mol. The van der Waals surface area contributed by atoms with E-state index in [4.69, 9.17) is 4.74 Å². The second-order valence-electron chi connectivity index (χ2n) is 6.04. The summed E-state index contributed by atoms with van der Waals surface area (Å²) in [6.07, 6.45) is 5.05. The van der Waals surface area contributed by atoms with E-state index in [1.165, 1.54) is 11.4 Å². The fourth-order valence-corrected chi connectivity index (χ4v) is 2.75. The topological polar surface area (TPSA) is 39.1 Å². The number of ether oxygens (including phenoxy) is 1. The Morgan fingerprint density at radius 1 is 1.30 bits per heavy atom. The van der Waals surface area contributed by atoms with Gasteiger partial charge in [0.15, 0.2) is 0 Å². The Labute approximate surface area is 122 Å². The minimum absolute atomic E-state index is 0.323. The van der Waals surface area contributed by atoms with E-state index in [0.29, 0.717) is 18.2 Å². The molecule has 1 aromatic rings. The van der Waals surface area contributed by atoms with Gasteiger partial charge in [-0.1, -0.05) is 27.7 Å². The molecule has 4 nitrogen and oxygen atoms in total. The Morgan fingerprint density at radius 2 is 2.05 bits per heavy atom. The molecule has 0 amide bonds. The van der Waals surface area contributed by atoms with E-state index in [1.807, 2.05) is 0 Å². The van der Waals surface area contributed by atoms with Gasteiger partial charge in [-0.05, 0) is 31.7 Å². The van der Waals surface area contributed by atoms with E-state index >= 15 is 0 Å². The molecule has 2 unspecified atom stereocenters.